The van der Waals surface area contributed by atoms with Crippen molar-refractivity contribution in [2.45, 2.75) is 26.8 Å². The van der Waals surface area contributed by atoms with E-state index in [1.807, 2.05) is 37.3 Å². The maximum Gasteiger partial charge on any atom is 0.148 e. The number of rotatable bonds is 4. The Labute approximate surface area is 121 Å². The van der Waals surface area contributed by atoms with Gasteiger partial charge in [-0.15, -0.1) is 0 Å². The van der Waals surface area contributed by atoms with Crippen molar-refractivity contribution in [2.24, 2.45) is 5.73 Å². The van der Waals surface area contributed by atoms with Crippen LogP contribution in [0.1, 0.15) is 23.9 Å². The fourth-order valence-electron chi connectivity index (χ4n) is 1.87. The van der Waals surface area contributed by atoms with E-state index in [0.717, 1.165) is 39.3 Å². The molecular weight excluding hydrogens is 304 g/mol. The summed E-state index contributed by atoms with van der Waals surface area (Å²) in [5.74, 6) is 1.58. The van der Waals surface area contributed by atoms with Gasteiger partial charge in [0.25, 0.3) is 0 Å². The smallest absolute Gasteiger partial charge is 0.148 e. The predicted octanol–water partition coefficient (Wildman–Crippen LogP) is 3.97. The summed E-state index contributed by atoms with van der Waals surface area (Å²) < 4.78 is 6.97. The van der Waals surface area contributed by atoms with Gasteiger partial charge >= 0.3 is 0 Å². The Morgan fingerprint density at radius 1 is 1.21 bits per heavy atom. The van der Waals surface area contributed by atoms with E-state index in [4.69, 9.17) is 10.5 Å². The first-order valence-corrected chi connectivity index (χ1v) is 7.06. The summed E-state index contributed by atoms with van der Waals surface area (Å²) in [6.07, 6.45) is 0.839. The molecule has 2 N–H and O–H groups in total. The van der Waals surface area contributed by atoms with Crippen LogP contribution in [-0.4, -0.2) is 4.98 Å². The predicted molar refractivity (Wildman–Crippen MR) is 80.5 cm³/mol. The van der Waals surface area contributed by atoms with Crippen LogP contribution >= 0.6 is 15.9 Å². The molecule has 0 saturated heterocycles. The van der Waals surface area contributed by atoms with Gasteiger partial charge in [-0.1, -0.05) is 22.9 Å². The molecule has 3 nitrogen and oxygen atoms in total. The maximum atomic E-state index is 5.97. The molecule has 0 spiro atoms. The van der Waals surface area contributed by atoms with Crippen molar-refractivity contribution in [3.05, 3.63) is 51.8 Å². The number of ether oxygens (including phenoxy) is 1. The first-order chi connectivity index (χ1) is 9.13. The standard InChI is InChI=1S/C15H17BrN2O/c1-3-13-15(6-4-10(2)18-13)19-14-7-5-12(16)8-11(14)9-17/h4-8H,3,9,17H2,1-2H3. The Morgan fingerprint density at radius 3 is 2.63 bits per heavy atom. The first kappa shape index (κ1) is 14.0. The fourth-order valence-corrected chi connectivity index (χ4v) is 2.28. The van der Waals surface area contributed by atoms with Crippen LogP contribution in [-0.2, 0) is 13.0 Å². The number of nitrogens with two attached hydrogens (primary N) is 1. The van der Waals surface area contributed by atoms with E-state index in [-0.39, 0.29) is 0 Å². The number of aromatic nitrogens is 1. The summed E-state index contributed by atoms with van der Waals surface area (Å²) in [5.41, 5.74) is 8.68. The third kappa shape index (κ3) is 3.33. The molecule has 0 aliphatic carbocycles. The topological polar surface area (TPSA) is 48.1 Å². The molecule has 0 aliphatic rings. The Bertz CT molecular complexity index is 533. The molecule has 0 radical (unpaired) electrons. The van der Waals surface area contributed by atoms with E-state index in [1.165, 1.54) is 0 Å². The molecule has 1 heterocycles. The van der Waals surface area contributed by atoms with Gasteiger partial charge in [0, 0.05) is 22.3 Å². The number of pyridine rings is 1. The molecule has 100 valence electrons. The van der Waals surface area contributed by atoms with Crippen LogP contribution in [0.5, 0.6) is 11.5 Å². The molecule has 1 aromatic heterocycles. The molecule has 0 amide bonds. The SMILES string of the molecule is CCc1nc(C)ccc1Oc1ccc(Br)cc1CN. The molecule has 4 heteroatoms. The number of hydrogen-bond acceptors (Lipinski definition) is 3. The minimum atomic E-state index is 0.440. The zero-order chi connectivity index (χ0) is 13.8. The largest absolute Gasteiger partial charge is 0.455 e. The van der Waals surface area contributed by atoms with Crippen LogP contribution in [0, 0.1) is 6.92 Å². The van der Waals surface area contributed by atoms with Crippen molar-refractivity contribution in [1.82, 2.24) is 4.98 Å². The van der Waals surface area contributed by atoms with Crippen LogP contribution in [0.25, 0.3) is 0 Å². The quantitative estimate of drug-likeness (QED) is 0.927. The van der Waals surface area contributed by atoms with E-state index in [0.29, 0.717) is 6.54 Å². The molecule has 0 atom stereocenters. The van der Waals surface area contributed by atoms with E-state index < -0.39 is 0 Å². The van der Waals surface area contributed by atoms with E-state index in [1.54, 1.807) is 0 Å². The Kier molecular flexibility index (Phi) is 4.56. The first-order valence-electron chi connectivity index (χ1n) is 6.27. The summed E-state index contributed by atoms with van der Waals surface area (Å²) >= 11 is 3.44. The van der Waals surface area contributed by atoms with Crippen molar-refractivity contribution in [2.75, 3.05) is 0 Å². The van der Waals surface area contributed by atoms with E-state index in [9.17, 15) is 0 Å². The third-order valence-electron chi connectivity index (χ3n) is 2.87. The van der Waals surface area contributed by atoms with Gasteiger partial charge < -0.3 is 10.5 Å². The second-order valence-corrected chi connectivity index (χ2v) is 5.22. The van der Waals surface area contributed by atoms with Crippen LogP contribution in [0.2, 0.25) is 0 Å². The number of benzene rings is 1. The number of halogens is 1. The van der Waals surface area contributed by atoms with Gasteiger partial charge in [0.2, 0.25) is 0 Å². The molecule has 0 bridgehead atoms. The van der Waals surface area contributed by atoms with Gasteiger partial charge in [-0.05, 0) is 43.7 Å². The normalized spacial score (nSPS) is 10.5. The van der Waals surface area contributed by atoms with Crippen molar-refractivity contribution >= 4 is 15.9 Å². The average molecular weight is 321 g/mol. The Morgan fingerprint density at radius 2 is 1.95 bits per heavy atom. The van der Waals surface area contributed by atoms with Crippen molar-refractivity contribution in [3.8, 4) is 11.5 Å². The molecule has 0 unspecified atom stereocenters. The summed E-state index contributed by atoms with van der Waals surface area (Å²) in [7, 11) is 0. The van der Waals surface area contributed by atoms with Gasteiger partial charge in [0.15, 0.2) is 0 Å². The van der Waals surface area contributed by atoms with Gasteiger partial charge in [-0.3, -0.25) is 4.98 Å². The average Bonchev–Trinajstić information content (AvgIpc) is 2.42. The lowest BCUT2D eigenvalue weighted by molar-refractivity contribution is 0.467. The summed E-state index contributed by atoms with van der Waals surface area (Å²) in [6.45, 7) is 4.49. The van der Waals surface area contributed by atoms with Crippen molar-refractivity contribution in [3.63, 3.8) is 0 Å². The number of nitrogens with zero attached hydrogens (tertiary/aromatic N) is 1. The van der Waals surface area contributed by atoms with E-state index in [2.05, 4.69) is 27.8 Å². The number of hydrogen-bond donors (Lipinski definition) is 1. The highest BCUT2D eigenvalue weighted by atomic mass is 79.9. The molecular formula is C15H17BrN2O. The lowest BCUT2D eigenvalue weighted by Gasteiger charge is -2.13. The van der Waals surface area contributed by atoms with Crippen LogP contribution < -0.4 is 10.5 Å². The van der Waals surface area contributed by atoms with Gasteiger partial charge in [-0.2, -0.15) is 0 Å². The molecule has 0 saturated carbocycles. The molecule has 2 aromatic rings. The maximum absolute atomic E-state index is 5.97. The monoisotopic (exact) mass is 320 g/mol. The highest BCUT2D eigenvalue weighted by Crippen LogP contribution is 2.29. The zero-order valence-corrected chi connectivity index (χ0v) is 12.7. The van der Waals surface area contributed by atoms with Crippen molar-refractivity contribution in [1.29, 1.82) is 0 Å². The van der Waals surface area contributed by atoms with Gasteiger partial charge in [0.05, 0.1) is 5.69 Å². The molecule has 1 aromatic carbocycles. The van der Waals surface area contributed by atoms with E-state index >= 15 is 0 Å². The van der Waals surface area contributed by atoms with Gasteiger partial charge in [0.1, 0.15) is 11.5 Å². The van der Waals surface area contributed by atoms with Crippen molar-refractivity contribution < 1.29 is 4.74 Å². The summed E-state index contributed by atoms with van der Waals surface area (Å²) in [4.78, 5) is 4.50. The summed E-state index contributed by atoms with van der Waals surface area (Å²) in [5, 5.41) is 0. The second-order valence-electron chi connectivity index (χ2n) is 4.31. The van der Waals surface area contributed by atoms with Crippen LogP contribution in [0.3, 0.4) is 0 Å². The van der Waals surface area contributed by atoms with Crippen LogP contribution in [0.4, 0.5) is 0 Å². The number of aryl methyl sites for hydroxylation is 2. The fraction of sp³-hybridized carbons (Fsp3) is 0.267. The Balaban J connectivity index is 2.36. The summed E-state index contributed by atoms with van der Waals surface area (Å²) in [6, 6.07) is 9.76. The Hall–Kier alpha value is -1.39. The molecule has 2 rings (SSSR count). The highest BCUT2D eigenvalue weighted by molar-refractivity contribution is 9.10. The molecule has 0 fully saturated rings. The minimum absolute atomic E-state index is 0.440. The molecule has 19 heavy (non-hydrogen) atoms. The lowest BCUT2D eigenvalue weighted by Crippen LogP contribution is -2.01. The molecule has 0 aliphatic heterocycles. The highest BCUT2D eigenvalue weighted by Gasteiger charge is 2.09. The zero-order valence-electron chi connectivity index (χ0n) is 11.1. The third-order valence-corrected chi connectivity index (χ3v) is 3.36. The minimum Gasteiger partial charge on any atom is -0.455 e. The van der Waals surface area contributed by atoms with Gasteiger partial charge in [-0.25, -0.2) is 0 Å². The lowest BCUT2D eigenvalue weighted by atomic mass is 10.2. The second kappa shape index (κ2) is 6.17. The van der Waals surface area contributed by atoms with Crippen LogP contribution in [0.15, 0.2) is 34.8 Å².